The van der Waals surface area contributed by atoms with E-state index in [0.717, 1.165) is 46.9 Å². The number of aromatic nitrogens is 3. The number of benzene rings is 1. The molecule has 9 heteroatoms. The third-order valence-corrected chi connectivity index (χ3v) is 7.47. The van der Waals surface area contributed by atoms with Crippen LogP contribution in [0, 0.1) is 0 Å². The number of anilines is 1. The summed E-state index contributed by atoms with van der Waals surface area (Å²) in [5.74, 6) is 0.148. The Balaban J connectivity index is 1.28. The number of aryl methyl sites for hydroxylation is 1. The van der Waals surface area contributed by atoms with Crippen molar-refractivity contribution < 1.29 is 14.4 Å². The molecule has 3 amide bonds. The zero-order valence-corrected chi connectivity index (χ0v) is 20.2. The van der Waals surface area contributed by atoms with E-state index in [-0.39, 0.29) is 18.2 Å². The zero-order valence-electron chi connectivity index (χ0n) is 20.2. The van der Waals surface area contributed by atoms with Gasteiger partial charge in [-0.15, -0.1) is 0 Å². The van der Waals surface area contributed by atoms with Crippen molar-refractivity contribution in [2.24, 2.45) is 7.05 Å². The second kappa shape index (κ2) is 8.89. The zero-order chi connectivity index (χ0) is 24.8. The number of pyridine rings is 1. The van der Waals surface area contributed by atoms with Crippen LogP contribution in [-0.2, 0) is 23.2 Å². The molecule has 2 saturated heterocycles. The summed E-state index contributed by atoms with van der Waals surface area (Å²) in [6.45, 7) is 2.44. The summed E-state index contributed by atoms with van der Waals surface area (Å²) in [6, 6.07) is 9.32. The van der Waals surface area contributed by atoms with Crippen molar-refractivity contribution in [3.05, 3.63) is 53.9 Å². The Bertz CT molecular complexity index is 1360. The molecular weight excluding hydrogens is 456 g/mol. The minimum absolute atomic E-state index is 0.171. The summed E-state index contributed by atoms with van der Waals surface area (Å²) >= 11 is 0. The van der Waals surface area contributed by atoms with Gasteiger partial charge < -0.3 is 9.80 Å². The molecule has 36 heavy (non-hydrogen) atoms. The molecule has 1 unspecified atom stereocenters. The first-order chi connectivity index (χ1) is 17.5. The summed E-state index contributed by atoms with van der Waals surface area (Å²) in [4.78, 5) is 45.6. The van der Waals surface area contributed by atoms with Gasteiger partial charge in [0.1, 0.15) is 11.9 Å². The standard InChI is InChI=1S/C27H28N6O3/c1-31-25(18-6-9-23(28-14-18)32-11-3-2-4-12-32)21(15-29-31)17-5-7-20-19(13-17)16-33(27(20)36)22-8-10-24(34)30-26(22)35/h5-7,9,13-15,22H,2-4,8,10-12,16H2,1H3,(H,30,34,35). The molecular formula is C27H28N6O3. The molecule has 1 aromatic carbocycles. The van der Waals surface area contributed by atoms with Crippen LogP contribution in [0.5, 0.6) is 0 Å². The van der Waals surface area contributed by atoms with E-state index in [9.17, 15) is 14.4 Å². The second-order valence-electron chi connectivity index (χ2n) is 9.76. The Morgan fingerprint density at radius 3 is 2.50 bits per heavy atom. The van der Waals surface area contributed by atoms with Crippen molar-refractivity contribution in [1.82, 2.24) is 25.0 Å². The molecule has 2 aromatic heterocycles. The molecule has 1 atom stereocenters. The van der Waals surface area contributed by atoms with Crippen molar-refractivity contribution in [2.75, 3.05) is 18.0 Å². The number of nitrogens with one attached hydrogen (secondary N) is 1. The number of carbonyl (C=O) groups excluding carboxylic acids is 3. The van der Waals surface area contributed by atoms with Crippen molar-refractivity contribution in [3.63, 3.8) is 0 Å². The van der Waals surface area contributed by atoms with Gasteiger partial charge in [0.05, 0.1) is 11.9 Å². The van der Waals surface area contributed by atoms with E-state index in [4.69, 9.17) is 4.98 Å². The Labute approximate surface area is 209 Å². The highest BCUT2D eigenvalue weighted by Crippen LogP contribution is 2.36. The smallest absolute Gasteiger partial charge is 0.255 e. The molecule has 1 N–H and O–H groups in total. The highest BCUT2D eigenvalue weighted by atomic mass is 16.2. The Morgan fingerprint density at radius 2 is 1.75 bits per heavy atom. The molecule has 3 aromatic rings. The van der Waals surface area contributed by atoms with Gasteiger partial charge in [0.15, 0.2) is 0 Å². The molecule has 3 aliphatic rings. The fourth-order valence-electron chi connectivity index (χ4n) is 5.57. The number of hydrogen-bond donors (Lipinski definition) is 1. The fraction of sp³-hybridized carbons (Fsp3) is 0.370. The summed E-state index contributed by atoms with van der Waals surface area (Å²) in [7, 11) is 1.92. The van der Waals surface area contributed by atoms with E-state index < -0.39 is 11.9 Å². The summed E-state index contributed by atoms with van der Waals surface area (Å²) < 4.78 is 1.85. The van der Waals surface area contributed by atoms with Crippen LogP contribution in [0.15, 0.2) is 42.7 Å². The number of nitrogens with zero attached hydrogens (tertiary/aromatic N) is 5. The predicted molar refractivity (Wildman–Crippen MR) is 134 cm³/mol. The van der Waals surface area contributed by atoms with Gasteiger partial charge >= 0.3 is 0 Å². The normalized spacial score (nSPS) is 20.0. The van der Waals surface area contributed by atoms with E-state index in [0.29, 0.717) is 18.5 Å². The molecule has 3 aliphatic heterocycles. The molecule has 9 nitrogen and oxygen atoms in total. The van der Waals surface area contributed by atoms with Gasteiger partial charge in [-0.3, -0.25) is 24.4 Å². The SMILES string of the molecule is Cn1ncc(-c2ccc3c(c2)CN(C2CCC(=O)NC2=O)C3=O)c1-c1ccc(N2CCCCC2)nc1. The topological polar surface area (TPSA) is 100 Å². The number of fused-ring (bicyclic) bond motifs is 1. The number of piperidine rings is 2. The molecule has 0 bridgehead atoms. The molecule has 5 heterocycles. The predicted octanol–water partition coefficient (Wildman–Crippen LogP) is 2.90. The van der Waals surface area contributed by atoms with E-state index in [1.54, 1.807) is 4.90 Å². The Hall–Kier alpha value is -4.01. The van der Waals surface area contributed by atoms with Crippen LogP contribution in [0.3, 0.4) is 0 Å². The highest BCUT2D eigenvalue weighted by Gasteiger charge is 2.39. The van der Waals surface area contributed by atoms with Crippen LogP contribution >= 0.6 is 0 Å². The molecule has 0 saturated carbocycles. The van der Waals surface area contributed by atoms with Crippen LogP contribution in [0.1, 0.15) is 48.0 Å². The average molecular weight is 485 g/mol. The second-order valence-corrected chi connectivity index (χ2v) is 9.76. The van der Waals surface area contributed by atoms with Gasteiger partial charge in [-0.1, -0.05) is 6.07 Å². The molecule has 2 fully saturated rings. The van der Waals surface area contributed by atoms with Crippen molar-refractivity contribution in [1.29, 1.82) is 0 Å². The van der Waals surface area contributed by atoms with Crippen molar-refractivity contribution in [3.8, 4) is 22.4 Å². The van der Waals surface area contributed by atoms with E-state index in [2.05, 4.69) is 27.4 Å². The van der Waals surface area contributed by atoms with Crippen LogP contribution in [0.4, 0.5) is 5.82 Å². The maximum absolute atomic E-state index is 13.1. The number of carbonyl (C=O) groups is 3. The minimum Gasteiger partial charge on any atom is -0.357 e. The summed E-state index contributed by atoms with van der Waals surface area (Å²) in [6.07, 6.45) is 8.03. The van der Waals surface area contributed by atoms with Crippen LogP contribution < -0.4 is 10.2 Å². The number of rotatable bonds is 4. The third-order valence-electron chi connectivity index (χ3n) is 7.47. The molecule has 0 spiro atoms. The van der Waals surface area contributed by atoms with E-state index >= 15 is 0 Å². The monoisotopic (exact) mass is 484 g/mol. The van der Waals surface area contributed by atoms with E-state index in [1.165, 1.54) is 19.3 Å². The van der Waals surface area contributed by atoms with Gasteiger partial charge in [0, 0.05) is 56.0 Å². The lowest BCUT2D eigenvalue weighted by molar-refractivity contribution is -0.136. The van der Waals surface area contributed by atoms with Crippen molar-refractivity contribution in [2.45, 2.75) is 44.7 Å². The van der Waals surface area contributed by atoms with Gasteiger partial charge in [-0.05, 0) is 61.1 Å². The molecule has 0 radical (unpaired) electrons. The fourth-order valence-corrected chi connectivity index (χ4v) is 5.57. The number of amides is 3. The maximum Gasteiger partial charge on any atom is 0.255 e. The first-order valence-electron chi connectivity index (χ1n) is 12.5. The van der Waals surface area contributed by atoms with Crippen LogP contribution in [0.25, 0.3) is 22.4 Å². The Kier molecular flexibility index (Phi) is 5.55. The molecule has 184 valence electrons. The quantitative estimate of drug-likeness (QED) is 0.572. The van der Waals surface area contributed by atoms with Crippen molar-refractivity contribution >= 4 is 23.5 Å². The van der Waals surface area contributed by atoms with Gasteiger partial charge in [0.25, 0.3) is 5.91 Å². The highest BCUT2D eigenvalue weighted by molar-refractivity contribution is 6.05. The first-order valence-corrected chi connectivity index (χ1v) is 12.5. The van der Waals surface area contributed by atoms with Crippen LogP contribution in [0.2, 0.25) is 0 Å². The lowest BCUT2D eigenvalue weighted by Gasteiger charge is -2.29. The number of hydrogen-bond acceptors (Lipinski definition) is 6. The van der Waals surface area contributed by atoms with Gasteiger partial charge in [-0.25, -0.2) is 4.98 Å². The average Bonchev–Trinajstić information content (AvgIpc) is 3.44. The lowest BCUT2D eigenvalue weighted by atomic mass is 9.98. The molecule has 6 rings (SSSR count). The van der Waals surface area contributed by atoms with Gasteiger partial charge in [0.2, 0.25) is 11.8 Å². The molecule has 0 aliphatic carbocycles. The van der Waals surface area contributed by atoms with E-state index in [1.807, 2.05) is 42.3 Å². The first kappa shape index (κ1) is 22.5. The number of imide groups is 1. The minimum atomic E-state index is -0.621. The van der Waals surface area contributed by atoms with Gasteiger partial charge in [-0.2, -0.15) is 5.10 Å². The maximum atomic E-state index is 13.1. The third kappa shape index (κ3) is 3.84. The van der Waals surface area contributed by atoms with Crippen LogP contribution in [-0.4, -0.2) is 56.5 Å². The largest absolute Gasteiger partial charge is 0.357 e. The summed E-state index contributed by atoms with van der Waals surface area (Å²) in [5, 5.41) is 6.86. The summed E-state index contributed by atoms with van der Waals surface area (Å²) in [5.41, 5.74) is 5.32. The Morgan fingerprint density at radius 1 is 0.944 bits per heavy atom. The lowest BCUT2D eigenvalue weighted by Crippen LogP contribution is -2.52.